The molecule has 0 unspecified atom stereocenters. The summed E-state index contributed by atoms with van der Waals surface area (Å²) in [6.07, 6.45) is -0.172. The van der Waals surface area contributed by atoms with Gasteiger partial charge in [-0.1, -0.05) is 0 Å². The van der Waals surface area contributed by atoms with E-state index in [2.05, 4.69) is 5.32 Å². The Bertz CT molecular complexity index is 485. The molecule has 98 valence electrons. The molecule has 0 aromatic heterocycles. The molecule has 0 spiro atoms. The van der Waals surface area contributed by atoms with Gasteiger partial charge in [-0.15, -0.1) is 0 Å². The van der Waals surface area contributed by atoms with E-state index < -0.39 is 17.4 Å². The van der Waals surface area contributed by atoms with Crippen molar-refractivity contribution in [2.45, 2.75) is 25.8 Å². The number of phenols is 1. The topological polar surface area (TPSA) is 86.6 Å². The zero-order valence-electron chi connectivity index (χ0n) is 10.0. The van der Waals surface area contributed by atoms with Crippen molar-refractivity contribution in [3.05, 3.63) is 27.3 Å². The van der Waals surface area contributed by atoms with Crippen molar-refractivity contribution >= 4 is 34.5 Å². The predicted molar refractivity (Wildman–Crippen MR) is 74.6 cm³/mol. The van der Waals surface area contributed by atoms with Crippen LogP contribution in [0.1, 0.15) is 30.6 Å². The summed E-state index contributed by atoms with van der Waals surface area (Å²) in [6.45, 7) is 3.26. The number of carbonyl (C=O) groups excluding carboxylic acids is 1. The number of carbonyl (C=O) groups is 2. The van der Waals surface area contributed by atoms with E-state index >= 15 is 0 Å². The van der Waals surface area contributed by atoms with Crippen LogP contribution in [0, 0.1) is 3.57 Å². The summed E-state index contributed by atoms with van der Waals surface area (Å²) in [6, 6.07) is 4.55. The van der Waals surface area contributed by atoms with Crippen LogP contribution in [0.3, 0.4) is 0 Å². The van der Waals surface area contributed by atoms with Gasteiger partial charge in [-0.3, -0.25) is 9.59 Å². The molecule has 0 aliphatic heterocycles. The van der Waals surface area contributed by atoms with Gasteiger partial charge < -0.3 is 15.5 Å². The molecule has 0 fully saturated rings. The van der Waals surface area contributed by atoms with E-state index in [4.69, 9.17) is 5.11 Å². The summed E-state index contributed by atoms with van der Waals surface area (Å²) in [5.41, 5.74) is -0.548. The van der Waals surface area contributed by atoms with Crippen molar-refractivity contribution in [3.63, 3.8) is 0 Å². The van der Waals surface area contributed by atoms with Gasteiger partial charge in [0.25, 0.3) is 5.91 Å². The molecule has 0 heterocycles. The van der Waals surface area contributed by atoms with E-state index in [1.807, 2.05) is 22.6 Å². The standard InChI is InChI=1S/C12H14INO4/c1-12(2,6-10(16)17)14-11(18)7-3-4-8(13)9(15)5-7/h3-5,15H,6H2,1-2H3,(H,14,18)(H,16,17). The Morgan fingerprint density at radius 1 is 1.39 bits per heavy atom. The molecule has 18 heavy (non-hydrogen) atoms. The number of aliphatic carboxylic acids is 1. The van der Waals surface area contributed by atoms with Crippen molar-refractivity contribution in [1.29, 1.82) is 0 Å². The van der Waals surface area contributed by atoms with Gasteiger partial charge >= 0.3 is 5.97 Å². The summed E-state index contributed by atoms with van der Waals surface area (Å²) in [5.74, 6) is -1.36. The molecule has 0 atom stereocenters. The van der Waals surface area contributed by atoms with Crippen LogP contribution in [-0.4, -0.2) is 27.6 Å². The molecule has 1 aromatic rings. The van der Waals surface area contributed by atoms with Gasteiger partial charge in [0.2, 0.25) is 0 Å². The van der Waals surface area contributed by atoms with E-state index in [1.165, 1.54) is 6.07 Å². The van der Waals surface area contributed by atoms with Gasteiger partial charge in [0.05, 0.1) is 9.99 Å². The second-order valence-corrected chi connectivity index (χ2v) is 5.74. The summed E-state index contributed by atoms with van der Waals surface area (Å²) in [5, 5.41) is 20.8. The average molecular weight is 363 g/mol. The Kier molecular flexibility index (Phi) is 4.55. The number of hydrogen-bond donors (Lipinski definition) is 3. The largest absolute Gasteiger partial charge is 0.507 e. The lowest BCUT2D eigenvalue weighted by molar-refractivity contribution is -0.138. The molecule has 1 rings (SSSR count). The Balaban J connectivity index is 2.82. The molecule has 0 saturated heterocycles. The van der Waals surface area contributed by atoms with Gasteiger partial charge in [0.15, 0.2) is 0 Å². The number of aromatic hydroxyl groups is 1. The number of hydrogen-bond acceptors (Lipinski definition) is 3. The molecular weight excluding hydrogens is 349 g/mol. The third kappa shape index (κ3) is 4.17. The zero-order valence-corrected chi connectivity index (χ0v) is 12.2. The summed E-state index contributed by atoms with van der Waals surface area (Å²) in [4.78, 5) is 22.5. The number of phenolic OH excluding ortho intramolecular Hbond substituents is 1. The molecule has 0 aliphatic rings. The van der Waals surface area contributed by atoms with Gasteiger partial charge in [0.1, 0.15) is 5.75 Å². The number of nitrogens with one attached hydrogen (secondary N) is 1. The second kappa shape index (κ2) is 5.55. The maximum Gasteiger partial charge on any atom is 0.305 e. The maximum atomic E-state index is 11.9. The lowest BCUT2D eigenvalue weighted by atomic mass is 10.00. The fourth-order valence-electron chi connectivity index (χ4n) is 1.46. The molecule has 0 bridgehead atoms. The second-order valence-electron chi connectivity index (χ2n) is 4.57. The normalized spacial score (nSPS) is 11.1. The molecule has 0 radical (unpaired) electrons. The third-order valence-electron chi connectivity index (χ3n) is 2.25. The SMILES string of the molecule is CC(C)(CC(=O)O)NC(=O)c1ccc(I)c(O)c1. The van der Waals surface area contributed by atoms with E-state index in [0.29, 0.717) is 9.13 Å². The number of carboxylic acids is 1. The van der Waals surface area contributed by atoms with Gasteiger partial charge in [-0.05, 0) is 54.6 Å². The van der Waals surface area contributed by atoms with Gasteiger partial charge in [-0.25, -0.2) is 0 Å². The quantitative estimate of drug-likeness (QED) is 0.714. The first-order chi connectivity index (χ1) is 8.21. The molecule has 6 heteroatoms. The van der Waals surface area contributed by atoms with E-state index in [9.17, 15) is 14.7 Å². The van der Waals surface area contributed by atoms with Crippen LogP contribution < -0.4 is 5.32 Å². The molecule has 5 nitrogen and oxygen atoms in total. The van der Waals surface area contributed by atoms with Crippen LogP contribution in [0.4, 0.5) is 0 Å². The molecule has 3 N–H and O–H groups in total. The van der Waals surface area contributed by atoms with Gasteiger partial charge in [0, 0.05) is 11.1 Å². The number of benzene rings is 1. The van der Waals surface area contributed by atoms with Crippen LogP contribution in [0.2, 0.25) is 0 Å². The Hall–Kier alpha value is -1.31. The maximum absolute atomic E-state index is 11.9. The highest BCUT2D eigenvalue weighted by atomic mass is 127. The first-order valence-electron chi connectivity index (χ1n) is 5.24. The highest BCUT2D eigenvalue weighted by Gasteiger charge is 2.24. The molecule has 0 saturated carbocycles. The Morgan fingerprint density at radius 2 is 2.00 bits per heavy atom. The fourth-order valence-corrected chi connectivity index (χ4v) is 1.79. The average Bonchev–Trinajstić information content (AvgIpc) is 2.19. The zero-order chi connectivity index (χ0) is 13.9. The van der Waals surface area contributed by atoms with Crippen molar-refractivity contribution < 1.29 is 19.8 Å². The minimum atomic E-state index is -0.981. The monoisotopic (exact) mass is 363 g/mol. The van der Waals surface area contributed by atoms with Crippen LogP contribution >= 0.6 is 22.6 Å². The fraction of sp³-hybridized carbons (Fsp3) is 0.333. The van der Waals surface area contributed by atoms with Crippen molar-refractivity contribution in [1.82, 2.24) is 5.32 Å². The molecule has 0 aliphatic carbocycles. The van der Waals surface area contributed by atoms with E-state index in [0.717, 1.165) is 0 Å². The van der Waals surface area contributed by atoms with Crippen molar-refractivity contribution in [2.24, 2.45) is 0 Å². The number of amides is 1. The highest BCUT2D eigenvalue weighted by Crippen LogP contribution is 2.21. The summed E-state index contributed by atoms with van der Waals surface area (Å²) >= 11 is 1.95. The predicted octanol–water partition coefficient (Wildman–Crippen LogP) is 1.98. The minimum absolute atomic E-state index is 0.0271. The Morgan fingerprint density at radius 3 is 2.50 bits per heavy atom. The molecular formula is C12H14INO4. The molecule has 1 amide bonds. The van der Waals surface area contributed by atoms with Gasteiger partial charge in [-0.2, -0.15) is 0 Å². The molecule has 1 aromatic carbocycles. The lowest BCUT2D eigenvalue weighted by Crippen LogP contribution is -2.44. The number of rotatable bonds is 4. The van der Waals surface area contributed by atoms with E-state index in [1.54, 1.807) is 26.0 Å². The van der Waals surface area contributed by atoms with Crippen LogP contribution in [0.15, 0.2) is 18.2 Å². The summed E-state index contributed by atoms with van der Waals surface area (Å²) < 4.78 is 0.647. The van der Waals surface area contributed by atoms with Crippen molar-refractivity contribution in [3.8, 4) is 5.75 Å². The smallest absolute Gasteiger partial charge is 0.305 e. The summed E-state index contributed by atoms with van der Waals surface area (Å²) in [7, 11) is 0. The van der Waals surface area contributed by atoms with Crippen molar-refractivity contribution in [2.75, 3.05) is 0 Å². The first kappa shape index (κ1) is 14.7. The van der Waals surface area contributed by atoms with Crippen LogP contribution in [-0.2, 0) is 4.79 Å². The number of halogens is 1. The first-order valence-corrected chi connectivity index (χ1v) is 6.32. The van der Waals surface area contributed by atoms with Crippen LogP contribution in [0.5, 0.6) is 5.75 Å². The van der Waals surface area contributed by atoms with Crippen LogP contribution in [0.25, 0.3) is 0 Å². The Labute approximate surface area is 118 Å². The van der Waals surface area contributed by atoms with E-state index in [-0.39, 0.29) is 12.2 Å². The lowest BCUT2D eigenvalue weighted by Gasteiger charge is -2.24. The highest BCUT2D eigenvalue weighted by molar-refractivity contribution is 14.1. The minimum Gasteiger partial charge on any atom is -0.507 e. The third-order valence-corrected chi connectivity index (χ3v) is 3.17. The number of carboxylic acid groups (broad SMARTS) is 1.